The van der Waals surface area contributed by atoms with Gasteiger partial charge < -0.3 is 0 Å². The number of halogens is 2. The van der Waals surface area contributed by atoms with Gasteiger partial charge in [-0.05, 0) is 58.1 Å². The molecule has 23 heavy (non-hydrogen) atoms. The molecule has 0 bridgehead atoms. The Labute approximate surface area is 136 Å². The highest BCUT2D eigenvalue weighted by Crippen LogP contribution is 2.31. The van der Waals surface area contributed by atoms with Crippen LogP contribution in [0, 0.1) is 11.6 Å². The highest BCUT2D eigenvalue weighted by atomic mass is 32.1. The topological polar surface area (TPSA) is 0 Å². The van der Waals surface area contributed by atoms with Gasteiger partial charge in [0.15, 0.2) is 0 Å². The molecule has 0 saturated heterocycles. The summed E-state index contributed by atoms with van der Waals surface area (Å²) in [5.41, 5.74) is 0.519. The first kappa shape index (κ1) is 14.1. The van der Waals surface area contributed by atoms with E-state index in [0.29, 0.717) is 5.56 Å². The van der Waals surface area contributed by atoms with Crippen molar-refractivity contribution in [2.24, 2.45) is 0 Å². The molecule has 1 aromatic heterocycles. The van der Waals surface area contributed by atoms with Crippen molar-refractivity contribution >= 4 is 44.3 Å². The molecule has 0 unspecified atom stereocenters. The molecule has 0 nitrogen and oxygen atoms in total. The summed E-state index contributed by atoms with van der Waals surface area (Å²) in [6, 6.07) is 18.2. The van der Waals surface area contributed by atoms with Crippen molar-refractivity contribution in [3.8, 4) is 0 Å². The van der Waals surface area contributed by atoms with E-state index in [1.165, 1.54) is 33.0 Å². The van der Waals surface area contributed by atoms with E-state index < -0.39 is 11.6 Å². The molecule has 0 aliphatic rings. The predicted molar refractivity (Wildman–Crippen MR) is 94.6 cm³/mol. The lowest BCUT2D eigenvalue weighted by Crippen LogP contribution is -1.81. The van der Waals surface area contributed by atoms with Gasteiger partial charge in [-0.15, -0.1) is 11.3 Å². The van der Waals surface area contributed by atoms with E-state index in [-0.39, 0.29) is 0 Å². The Bertz CT molecular complexity index is 971. The number of thiophene rings is 1. The maximum atomic E-state index is 13.2. The summed E-state index contributed by atoms with van der Waals surface area (Å²) in [4.78, 5) is 1.06. The molecule has 0 aliphatic heterocycles. The van der Waals surface area contributed by atoms with E-state index in [2.05, 4.69) is 30.3 Å². The van der Waals surface area contributed by atoms with Crippen molar-refractivity contribution in [2.75, 3.05) is 0 Å². The Morgan fingerprint density at radius 3 is 2.13 bits per heavy atom. The normalized spacial score (nSPS) is 11.7. The van der Waals surface area contributed by atoms with E-state index >= 15 is 0 Å². The number of hydrogen-bond acceptors (Lipinski definition) is 1. The SMILES string of the molecule is Fc1cc(F)cc(C=Cc2cc3cc4ccccc4cc3s2)c1. The Kier molecular flexibility index (Phi) is 3.43. The van der Waals surface area contributed by atoms with Crippen LogP contribution in [0.4, 0.5) is 8.78 Å². The van der Waals surface area contributed by atoms with Crippen LogP contribution in [-0.2, 0) is 0 Å². The smallest absolute Gasteiger partial charge is 0.126 e. The van der Waals surface area contributed by atoms with Gasteiger partial charge in [0, 0.05) is 15.6 Å². The molecule has 0 radical (unpaired) electrons. The molecule has 3 aromatic carbocycles. The van der Waals surface area contributed by atoms with Gasteiger partial charge in [0.25, 0.3) is 0 Å². The monoisotopic (exact) mass is 322 g/mol. The number of fused-ring (bicyclic) bond motifs is 2. The third kappa shape index (κ3) is 2.88. The molecule has 4 rings (SSSR count). The zero-order valence-corrected chi connectivity index (χ0v) is 12.9. The summed E-state index contributed by atoms with van der Waals surface area (Å²) >= 11 is 1.67. The average molecular weight is 322 g/mol. The summed E-state index contributed by atoms with van der Waals surface area (Å²) in [5, 5.41) is 3.60. The Morgan fingerprint density at radius 1 is 0.696 bits per heavy atom. The minimum atomic E-state index is -0.563. The van der Waals surface area contributed by atoms with Crippen LogP contribution >= 0.6 is 11.3 Å². The lowest BCUT2D eigenvalue weighted by atomic mass is 10.1. The van der Waals surface area contributed by atoms with Gasteiger partial charge in [-0.1, -0.05) is 30.3 Å². The third-order valence-electron chi connectivity index (χ3n) is 3.73. The molecule has 0 saturated carbocycles. The molecule has 0 aliphatic carbocycles. The Balaban J connectivity index is 1.74. The maximum Gasteiger partial charge on any atom is 0.126 e. The average Bonchev–Trinajstić information content (AvgIpc) is 2.91. The van der Waals surface area contributed by atoms with Gasteiger partial charge in [-0.2, -0.15) is 0 Å². The minimum absolute atomic E-state index is 0.519. The molecule has 4 aromatic rings. The first-order chi connectivity index (χ1) is 11.2. The zero-order valence-electron chi connectivity index (χ0n) is 12.1. The fourth-order valence-corrected chi connectivity index (χ4v) is 3.68. The number of rotatable bonds is 2. The van der Waals surface area contributed by atoms with Crippen LogP contribution in [0.2, 0.25) is 0 Å². The van der Waals surface area contributed by atoms with Gasteiger partial charge in [0.2, 0.25) is 0 Å². The van der Waals surface area contributed by atoms with Crippen LogP contribution in [-0.4, -0.2) is 0 Å². The van der Waals surface area contributed by atoms with Gasteiger partial charge in [-0.25, -0.2) is 8.78 Å². The fourth-order valence-electron chi connectivity index (χ4n) is 2.68. The number of benzene rings is 3. The van der Waals surface area contributed by atoms with Crippen molar-refractivity contribution in [1.82, 2.24) is 0 Å². The molecule has 112 valence electrons. The van der Waals surface area contributed by atoms with Crippen LogP contribution < -0.4 is 0 Å². The van der Waals surface area contributed by atoms with Gasteiger partial charge >= 0.3 is 0 Å². The summed E-state index contributed by atoms with van der Waals surface area (Å²) in [5.74, 6) is -1.13. The van der Waals surface area contributed by atoms with Crippen LogP contribution in [0.25, 0.3) is 33.0 Å². The largest absolute Gasteiger partial charge is 0.207 e. The standard InChI is InChI=1S/C20H12F2S/c21-17-7-13(8-18(22)12-17)5-6-19-10-16-9-14-3-1-2-4-15(14)11-20(16)23-19/h1-12H. The fraction of sp³-hybridized carbons (Fsp3) is 0. The first-order valence-corrected chi connectivity index (χ1v) is 8.05. The summed E-state index contributed by atoms with van der Waals surface area (Å²) < 4.78 is 27.6. The Hall–Kier alpha value is -2.52. The van der Waals surface area contributed by atoms with E-state index in [4.69, 9.17) is 0 Å². The van der Waals surface area contributed by atoms with E-state index in [1.54, 1.807) is 17.4 Å². The van der Waals surface area contributed by atoms with Crippen molar-refractivity contribution in [1.29, 1.82) is 0 Å². The van der Waals surface area contributed by atoms with E-state index in [1.807, 2.05) is 18.2 Å². The first-order valence-electron chi connectivity index (χ1n) is 7.24. The molecule has 1 heterocycles. The van der Waals surface area contributed by atoms with Crippen LogP contribution in [0.15, 0.2) is 60.7 Å². The molecule has 0 N–H and O–H groups in total. The predicted octanol–water partition coefficient (Wildman–Crippen LogP) is 6.50. The molecule has 0 atom stereocenters. The second kappa shape index (κ2) is 5.60. The van der Waals surface area contributed by atoms with E-state index in [9.17, 15) is 8.78 Å². The highest BCUT2D eigenvalue weighted by molar-refractivity contribution is 7.20. The molecule has 3 heteroatoms. The highest BCUT2D eigenvalue weighted by Gasteiger charge is 2.02. The molecule has 0 spiro atoms. The minimum Gasteiger partial charge on any atom is -0.207 e. The molecule has 0 amide bonds. The summed E-state index contributed by atoms with van der Waals surface area (Å²) in [6.45, 7) is 0. The Morgan fingerprint density at radius 2 is 1.39 bits per heavy atom. The second-order valence-electron chi connectivity index (χ2n) is 5.42. The molecule has 0 fully saturated rings. The number of hydrogen-bond donors (Lipinski definition) is 0. The van der Waals surface area contributed by atoms with Gasteiger partial charge in [-0.3, -0.25) is 0 Å². The van der Waals surface area contributed by atoms with Crippen molar-refractivity contribution < 1.29 is 8.78 Å². The quantitative estimate of drug-likeness (QED) is 0.395. The molecular formula is C20H12F2S. The zero-order chi connectivity index (χ0) is 15.8. The van der Waals surface area contributed by atoms with Crippen LogP contribution in [0.1, 0.15) is 10.4 Å². The van der Waals surface area contributed by atoms with Crippen LogP contribution in [0.3, 0.4) is 0 Å². The van der Waals surface area contributed by atoms with Crippen molar-refractivity contribution in [3.63, 3.8) is 0 Å². The van der Waals surface area contributed by atoms with Crippen molar-refractivity contribution in [2.45, 2.75) is 0 Å². The summed E-state index contributed by atoms with van der Waals surface area (Å²) in [7, 11) is 0. The van der Waals surface area contributed by atoms with E-state index in [0.717, 1.165) is 10.9 Å². The summed E-state index contributed by atoms with van der Waals surface area (Å²) in [6.07, 6.45) is 3.63. The molecular weight excluding hydrogens is 310 g/mol. The second-order valence-corrected chi connectivity index (χ2v) is 6.54. The van der Waals surface area contributed by atoms with Gasteiger partial charge in [0.1, 0.15) is 11.6 Å². The third-order valence-corrected chi connectivity index (χ3v) is 4.79. The lowest BCUT2D eigenvalue weighted by molar-refractivity contribution is 0.583. The lowest BCUT2D eigenvalue weighted by Gasteiger charge is -1.96. The van der Waals surface area contributed by atoms with Gasteiger partial charge in [0.05, 0.1) is 0 Å². The maximum absolute atomic E-state index is 13.2. The van der Waals surface area contributed by atoms with Crippen molar-refractivity contribution in [3.05, 3.63) is 82.7 Å². The van der Waals surface area contributed by atoms with Crippen LogP contribution in [0.5, 0.6) is 0 Å².